The SMILES string of the molecule is Cc1ccc(C(C)C)cc1.Cc1ccc(C(C)C)cc1.Cc1ccc(C(C)C)cc1.Cc1ccc(C(C)C)cc1.[Cl][Ru][Cl].[Cl][Ru][Cl]. The van der Waals surface area contributed by atoms with Crippen LogP contribution in [-0.2, 0) is 30.3 Å². The van der Waals surface area contributed by atoms with Crippen LogP contribution < -0.4 is 0 Å². The van der Waals surface area contributed by atoms with Crippen LogP contribution in [0.5, 0.6) is 0 Å². The summed E-state index contributed by atoms with van der Waals surface area (Å²) in [5, 5.41) is 0. The molecule has 0 bridgehead atoms. The molecule has 4 aromatic rings. The summed E-state index contributed by atoms with van der Waals surface area (Å²) in [7, 11) is 19.4. The fraction of sp³-hybridized carbons (Fsp3) is 0.400. The Morgan fingerprint density at radius 2 is 0.413 bits per heavy atom. The molecule has 0 amide bonds. The molecule has 4 aromatic carbocycles. The van der Waals surface area contributed by atoms with Crippen LogP contribution in [0.15, 0.2) is 97.1 Å². The van der Waals surface area contributed by atoms with Gasteiger partial charge in [0, 0.05) is 0 Å². The van der Waals surface area contributed by atoms with Crippen LogP contribution in [0.4, 0.5) is 0 Å². The van der Waals surface area contributed by atoms with Crippen molar-refractivity contribution in [2.24, 2.45) is 0 Å². The molecule has 4 rings (SSSR count). The van der Waals surface area contributed by atoms with Crippen LogP contribution >= 0.6 is 38.8 Å². The van der Waals surface area contributed by atoms with Crippen molar-refractivity contribution in [1.29, 1.82) is 0 Å². The van der Waals surface area contributed by atoms with Crippen LogP contribution in [0.25, 0.3) is 0 Å². The van der Waals surface area contributed by atoms with Gasteiger partial charge in [-0.1, -0.05) is 175 Å². The van der Waals surface area contributed by atoms with E-state index >= 15 is 0 Å². The molecule has 0 spiro atoms. The molecule has 0 radical (unpaired) electrons. The van der Waals surface area contributed by atoms with Crippen LogP contribution in [-0.4, -0.2) is 0 Å². The molecule has 0 aliphatic carbocycles. The third kappa shape index (κ3) is 25.3. The van der Waals surface area contributed by atoms with Crippen molar-refractivity contribution in [3.63, 3.8) is 0 Å². The molecule has 46 heavy (non-hydrogen) atoms. The monoisotopic (exact) mass is 880 g/mol. The van der Waals surface area contributed by atoms with E-state index in [1.54, 1.807) is 0 Å². The van der Waals surface area contributed by atoms with Crippen molar-refractivity contribution in [2.45, 2.75) is 107 Å². The predicted octanol–water partition coefficient (Wildman–Crippen LogP) is 15.2. The van der Waals surface area contributed by atoms with Gasteiger partial charge in [-0.2, -0.15) is 0 Å². The molecule has 0 atom stereocenters. The summed E-state index contributed by atoms with van der Waals surface area (Å²) in [6.45, 7) is 26.2. The van der Waals surface area contributed by atoms with Crippen molar-refractivity contribution in [3.05, 3.63) is 142 Å². The quantitative estimate of drug-likeness (QED) is 0.179. The zero-order chi connectivity index (χ0) is 35.7. The van der Waals surface area contributed by atoms with Crippen molar-refractivity contribution in [1.82, 2.24) is 0 Å². The topological polar surface area (TPSA) is 0 Å². The first-order chi connectivity index (χ1) is 21.6. The molecule has 0 fully saturated rings. The van der Waals surface area contributed by atoms with E-state index in [1.807, 2.05) is 0 Å². The Labute approximate surface area is 314 Å². The Hall–Kier alpha value is -0.713. The van der Waals surface area contributed by atoms with Gasteiger partial charge < -0.3 is 0 Å². The van der Waals surface area contributed by atoms with E-state index in [4.69, 9.17) is 38.8 Å². The summed E-state index contributed by atoms with van der Waals surface area (Å²) in [6.07, 6.45) is 0. The first-order valence-electron chi connectivity index (χ1n) is 15.6. The molecule has 0 aliphatic heterocycles. The third-order valence-corrected chi connectivity index (χ3v) is 6.98. The van der Waals surface area contributed by atoms with E-state index in [9.17, 15) is 0 Å². The van der Waals surface area contributed by atoms with Crippen LogP contribution in [0, 0.1) is 27.7 Å². The molecular weight excluding hydrogens is 824 g/mol. The standard InChI is InChI=1S/4C10H14.4ClH.2Ru/c4*1-8(2)10-6-4-9(3)5-7-10;;;;;;/h4*4-8H,1-3H3;4*1H;;/q;;;;;;;;2*+2/p-4. The molecule has 6 heteroatoms. The van der Waals surface area contributed by atoms with Gasteiger partial charge >= 0.3 is 69.1 Å². The minimum absolute atomic E-state index is 0.346. The van der Waals surface area contributed by atoms with E-state index in [0.29, 0.717) is 23.7 Å². The van der Waals surface area contributed by atoms with E-state index in [2.05, 4.69) is 180 Å². The fourth-order valence-corrected chi connectivity index (χ4v) is 3.81. The predicted molar refractivity (Wildman–Crippen MR) is 204 cm³/mol. The minimum atomic E-state index is -0.346. The average Bonchev–Trinajstić information content (AvgIpc) is 3.00. The van der Waals surface area contributed by atoms with E-state index in [1.165, 1.54) is 44.5 Å². The second-order valence-electron chi connectivity index (χ2n) is 12.4. The van der Waals surface area contributed by atoms with Gasteiger partial charge in [0.1, 0.15) is 0 Å². The molecule has 0 nitrogen and oxygen atoms in total. The molecule has 0 N–H and O–H groups in total. The molecular formula is C40H56Cl4Ru2. The van der Waals surface area contributed by atoms with Crippen LogP contribution in [0.3, 0.4) is 0 Å². The second kappa shape index (κ2) is 29.2. The Kier molecular flexibility index (Phi) is 30.1. The number of aryl methyl sites for hydroxylation is 4. The van der Waals surface area contributed by atoms with E-state index < -0.39 is 0 Å². The molecule has 0 saturated heterocycles. The van der Waals surface area contributed by atoms with Gasteiger partial charge in [-0.3, -0.25) is 0 Å². The Morgan fingerprint density at radius 3 is 0.500 bits per heavy atom. The number of rotatable bonds is 4. The van der Waals surface area contributed by atoms with Gasteiger partial charge in [0.15, 0.2) is 0 Å². The summed E-state index contributed by atoms with van der Waals surface area (Å²) in [5.41, 5.74) is 11.0. The van der Waals surface area contributed by atoms with Crippen molar-refractivity contribution < 1.29 is 30.3 Å². The van der Waals surface area contributed by atoms with Gasteiger partial charge in [0.25, 0.3) is 0 Å². The first-order valence-corrected chi connectivity index (χ1v) is 24.5. The maximum atomic E-state index is 4.85. The van der Waals surface area contributed by atoms with Crippen molar-refractivity contribution in [2.75, 3.05) is 0 Å². The number of hydrogen-bond donors (Lipinski definition) is 0. The van der Waals surface area contributed by atoms with E-state index in [-0.39, 0.29) is 30.3 Å². The van der Waals surface area contributed by atoms with Gasteiger partial charge in [0.2, 0.25) is 0 Å². The van der Waals surface area contributed by atoms with Gasteiger partial charge in [-0.05, 0) is 73.6 Å². The number of hydrogen-bond acceptors (Lipinski definition) is 0. The maximum absolute atomic E-state index is 4.85. The summed E-state index contributed by atoms with van der Waals surface area (Å²) in [4.78, 5) is 0. The van der Waals surface area contributed by atoms with Crippen LogP contribution in [0.2, 0.25) is 0 Å². The number of benzene rings is 4. The van der Waals surface area contributed by atoms with Gasteiger partial charge in [-0.25, -0.2) is 0 Å². The normalized spacial score (nSPS) is 10.0. The Morgan fingerprint density at radius 1 is 0.304 bits per heavy atom. The first kappa shape index (κ1) is 47.4. The molecule has 0 unspecified atom stereocenters. The molecule has 0 aromatic heterocycles. The summed E-state index contributed by atoms with van der Waals surface area (Å²) >= 11 is -0.691. The van der Waals surface area contributed by atoms with Crippen molar-refractivity contribution >= 4 is 38.8 Å². The Bertz CT molecular complexity index is 1030. The molecule has 0 heterocycles. The van der Waals surface area contributed by atoms with Crippen molar-refractivity contribution in [3.8, 4) is 0 Å². The molecule has 260 valence electrons. The average molecular weight is 881 g/mol. The summed E-state index contributed by atoms with van der Waals surface area (Å²) in [6, 6.07) is 34.9. The van der Waals surface area contributed by atoms with E-state index in [0.717, 1.165) is 0 Å². The van der Waals surface area contributed by atoms with Gasteiger partial charge in [0.05, 0.1) is 0 Å². The zero-order valence-electron chi connectivity index (χ0n) is 29.8. The third-order valence-electron chi connectivity index (χ3n) is 6.98. The summed E-state index contributed by atoms with van der Waals surface area (Å²) in [5.74, 6) is 2.61. The zero-order valence-corrected chi connectivity index (χ0v) is 36.3. The van der Waals surface area contributed by atoms with Gasteiger partial charge in [-0.15, -0.1) is 0 Å². The molecule has 0 saturated carbocycles. The fourth-order valence-electron chi connectivity index (χ4n) is 3.81. The molecule has 0 aliphatic rings. The second-order valence-corrected chi connectivity index (χ2v) is 17.6. The summed E-state index contributed by atoms with van der Waals surface area (Å²) < 4.78 is 0. The van der Waals surface area contributed by atoms with Crippen LogP contribution in [0.1, 0.15) is 124 Å². The number of halogens is 4. The Balaban J connectivity index is 0.